The number of esters is 2. The minimum absolute atomic E-state index is 0.667. The van der Waals surface area contributed by atoms with Gasteiger partial charge in [-0.05, 0) is 0 Å². The molecule has 78 heavy (non-hydrogen) atoms. The Bertz CT molecular complexity index is 2000. The molecule has 0 aromatic heterocycles. The van der Waals surface area contributed by atoms with Crippen LogP contribution in [-0.2, 0) is 19.1 Å². The third kappa shape index (κ3) is 10.7. The van der Waals surface area contributed by atoms with Crippen LogP contribution in [0.25, 0.3) is 0 Å². The summed E-state index contributed by atoms with van der Waals surface area (Å²) in [5.74, 6) is -167. The highest BCUT2D eigenvalue weighted by atomic mass is 19.5. The first-order valence-electron chi connectivity index (χ1n) is 17.6. The van der Waals surface area contributed by atoms with E-state index in [0.717, 1.165) is 0 Å². The SMILES string of the molecule is O=C(/C=C\C(=O)OCC(O)CC(F)(F)C(F)(F)C(F)(F)C(F)(F)C(F)(F)C(F)(F)C(F)(F)C(F)(F)C(F)(F)C(F)(F)F)OCC(O)CC(F)(F)C(F)(F)C(F)(F)C(F)(F)C(F)(F)C(F)(F)C(F)(F)C(F)(F)C(F)(F)C(F)(F)F. The molecule has 0 aliphatic carbocycles. The lowest BCUT2D eigenvalue weighted by Gasteiger charge is -2.44. The molecule has 2 atom stereocenters. The topological polar surface area (TPSA) is 93.1 Å². The number of aliphatic hydroxyl groups excluding tert-OH is 2. The number of hydrogen-bond donors (Lipinski definition) is 2. The molecule has 0 rings (SSSR count). The van der Waals surface area contributed by atoms with Gasteiger partial charge in [0.05, 0.1) is 12.2 Å². The molecular formula is C30H14F42O6. The van der Waals surface area contributed by atoms with Crippen molar-refractivity contribution in [2.45, 2.75) is 144 Å². The fourth-order valence-electron chi connectivity index (χ4n) is 4.74. The standard InChI is InChI=1S/C30H14F42O6/c31-11(32,13(35,36)15(39,40)17(43,44)19(47,48)21(51,52)23(55,56)25(59,60)27(63,64)29(67,68)69)3-7(73)5-77-9(75)1-2-10(76)78-6-8(74)4-12(33,34)14(37,38)16(41,42)18(45,46)20(49,50)22(53,54)24(57,58)26(61,62)28(65,66)30(70,71)72/h1-2,7-8,73-74H,3-6H2/b2-1-. The van der Waals surface area contributed by atoms with E-state index in [1.807, 2.05) is 0 Å². The maximum absolute atomic E-state index is 14.1. The average molecular weight is 1270 g/mol. The van der Waals surface area contributed by atoms with Gasteiger partial charge in [-0.3, -0.25) is 0 Å². The van der Waals surface area contributed by atoms with Gasteiger partial charge >= 0.3 is 131 Å². The van der Waals surface area contributed by atoms with E-state index in [0.29, 0.717) is 0 Å². The van der Waals surface area contributed by atoms with Gasteiger partial charge in [-0.15, -0.1) is 0 Å². The van der Waals surface area contributed by atoms with Crippen molar-refractivity contribution in [2.75, 3.05) is 13.2 Å². The van der Waals surface area contributed by atoms with Crippen LogP contribution in [-0.4, -0.2) is 167 Å². The van der Waals surface area contributed by atoms with E-state index in [-0.39, 0.29) is 0 Å². The van der Waals surface area contributed by atoms with Gasteiger partial charge in [0, 0.05) is 25.0 Å². The lowest BCUT2D eigenvalue weighted by Crippen LogP contribution is -2.76. The second-order valence-corrected chi connectivity index (χ2v) is 14.9. The third-order valence-corrected chi connectivity index (χ3v) is 9.33. The molecule has 0 amide bonds. The zero-order chi connectivity index (χ0) is 64.0. The smallest absolute Gasteiger partial charge is 0.460 e. The maximum Gasteiger partial charge on any atom is 0.460 e. The fourth-order valence-corrected chi connectivity index (χ4v) is 4.74. The largest absolute Gasteiger partial charge is 0.460 e. The number of ether oxygens (including phenoxy) is 2. The summed E-state index contributed by atoms with van der Waals surface area (Å²) >= 11 is 0. The highest BCUT2D eigenvalue weighted by Crippen LogP contribution is 2.69. The average Bonchev–Trinajstić information content (AvgIpc) is 3.21. The molecule has 464 valence electrons. The molecule has 6 nitrogen and oxygen atoms in total. The zero-order valence-electron chi connectivity index (χ0n) is 34.5. The van der Waals surface area contributed by atoms with Crippen LogP contribution in [0.3, 0.4) is 0 Å². The molecule has 0 bridgehead atoms. The van der Waals surface area contributed by atoms with Gasteiger partial charge in [0.15, 0.2) is 0 Å². The van der Waals surface area contributed by atoms with Crippen molar-refractivity contribution in [2.24, 2.45) is 0 Å². The summed E-state index contributed by atoms with van der Waals surface area (Å²) < 4.78 is 574. The molecule has 0 aliphatic heterocycles. The van der Waals surface area contributed by atoms with Crippen LogP contribution in [0.15, 0.2) is 12.2 Å². The van der Waals surface area contributed by atoms with Crippen LogP contribution < -0.4 is 0 Å². The van der Waals surface area contributed by atoms with Crippen LogP contribution in [0.1, 0.15) is 12.8 Å². The number of halogens is 42. The predicted octanol–water partition coefficient (Wildman–Crippen LogP) is 12.7. The van der Waals surface area contributed by atoms with E-state index in [9.17, 15) is 204 Å². The molecule has 0 heterocycles. The van der Waals surface area contributed by atoms with Gasteiger partial charge in [-0.25, -0.2) is 9.59 Å². The monoisotopic (exact) mass is 1270 g/mol. The van der Waals surface area contributed by atoms with Crippen LogP contribution >= 0.6 is 0 Å². The van der Waals surface area contributed by atoms with Crippen LogP contribution in [0, 0.1) is 0 Å². The Balaban J connectivity index is 6.25. The first-order valence-corrected chi connectivity index (χ1v) is 17.6. The van der Waals surface area contributed by atoms with E-state index in [2.05, 4.69) is 9.47 Å². The van der Waals surface area contributed by atoms with Crippen molar-refractivity contribution in [3.05, 3.63) is 12.2 Å². The minimum atomic E-state index is -9.56. The van der Waals surface area contributed by atoms with Crippen molar-refractivity contribution in [1.29, 1.82) is 0 Å². The number of hydrogen-bond acceptors (Lipinski definition) is 6. The van der Waals surface area contributed by atoms with E-state index in [4.69, 9.17) is 0 Å². The Morgan fingerprint density at radius 3 is 0.564 bits per heavy atom. The first-order chi connectivity index (χ1) is 33.3. The molecule has 0 radical (unpaired) electrons. The van der Waals surface area contributed by atoms with Gasteiger partial charge in [0.1, 0.15) is 13.2 Å². The van der Waals surface area contributed by atoms with Crippen molar-refractivity contribution >= 4 is 11.9 Å². The van der Waals surface area contributed by atoms with E-state index in [1.165, 1.54) is 0 Å². The molecule has 0 saturated carbocycles. The van der Waals surface area contributed by atoms with Gasteiger partial charge in [-0.2, -0.15) is 184 Å². The highest BCUT2D eigenvalue weighted by molar-refractivity contribution is 5.91. The van der Waals surface area contributed by atoms with Crippen molar-refractivity contribution < 1.29 is 214 Å². The van der Waals surface area contributed by atoms with Crippen LogP contribution in [0.2, 0.25) is 0 Å². The van der Waals surface area contributed by atoms with Crippen LogP contribution in [0.4, 0.5) is 184 Å². The number of carbonyl (C=O) groups excluding carboxylic acids is 2. The minimum Gasteiger partial charge on any atom is -0.460 e. The number of alkyl halides is 42. The summed E-state index contributed by atoms with van der Waals surface area (Å²) in [6.07, 6.45) is -33.3. The second-order valence-electron chi connectivity index (χ2n) is 14.9. The Morgan fingerprint density at radius 1 is 0.269 bits per heavy atom. The molecule has 2 unspecified atom stereocenters. The molecule has 2 N–H and O–H groups in total. The van der Waals surface area contributed by atoms with Gasteiger partial charge in [0.25, 0.3) is 0 Å². The maximum atomic E-state index is 14.1. The molecule has 0 aromatic rings. The lowest BCUT2D eigenvalue weighted by molar-refractivity contribution is -0.474. The normalized spacial score (nSPS) is 17.1. The molecule has 0 aromatic carbocycles. The first kappa shape index (κ1) is 73.7. The summed E-state index contributed by atoms with van der Waals surface area (Å²) in [7, 11) is 0. The third-order valence-electron chi connectivity index (χ3n) is 9.33. The number of rotatable bonds is 26. The van der Waals surface area contributed by atoms with Crippen molar-refractivity contribution in [1.82, 2.24) is 0 Å². The summed E-state index contributed by atoms with van der Waals surface area (Å²) in [6, 6.07) is 0. The summed E-state index contributed by atoms with van der Waals surface area (Å²) in [4.78, 5) is 23.1. The molecular weight excluding hydrogens is 1250 g/mol. The van der Waals surface area contributed by atoms with E-state index in [1.54, 1.807) is 0 Å². The van der Waals surface area contributed by atoms with E-state index >= 15 is 0 Å². The van der Waals surface area contributed by atoms with Crippen molar-refractivity contribution in [3.63, 3.8) is 0 Å². The van der Waals surface area contributed by atoms with E-state index < -0.39 is 181 Å². The van der Waals surface area contributed by atoms with Crippen LogP contribution in [0.5, 0.6) is 0 Å². The summed E-state index contributed by atoms with van der Waals surface area (Å²) in [5, 5.41) is 18.6. The summed E-state index contributed by atoms with van der Waals surface area (Å²) in [6.45, 7) is -5.13. The van der Waals surface area contributed by atoms with Crippen molar-refractivity contribution in [3.8, 4) is 0 Å². The lowest BCUT2D eigenvalue weighted by atomic mass is 9.85. The fraction of sp³-hybridized carbons (Fsp3) is 0.867. The number of aliphatic hydroxyl groups is 2. The Hall–Kier alpha value is -4.34. The molecule has 0 saturated heterocycles. The van der Waals surface area contributed by atoms with Gasteiger partial charge < -0.3 is 19.7 Å². The Labute approximate surface area is 396 Å². The molecule has 48 heteroatoms. The zero-order valence-corrected chi connectivity index (χ0v) is 34.5. The number of carbonyl (C=O) groups is 2. The summed E-state index contributed by atoms with van der Waals surface area (Å²) in [5.41, 5.74) is 0. The Morgan fingerprint density at radius 2 is 0.410 bits per heavy atom. The quantitative estimate of drug-likeness (QED) is 0.0509. The predicted molar refractivity (Wildman–Crippen MR) is 153 cm³/mol. The molecule has 0 spiro atoms. The molecule has 0 fully saturated rings. The highest BCUT2D eigenvalue weighted by Gasteiger charge is 3.00. The van der Waals surface area contributed by atoms with Gasteiger partial charge in [0.2, 0.25) is 0 Å². The molecule has 0 aliphatic rings. The second kappa shape index (κ2) is 20.3. The Kier molecular flexibility index (Phi) is 19.1. The van der Waals surface area contributed by atoms with Gasteiger partial charge in [-0.1, -0.05) is 0 Å².